The van der Waals surface area contributed by atoms with Crippen LogP contribution >= 0.6 is 0 Å². The molecule has 1 aromatic rings. The topological polar surface area (TPSA) is 132 Å². The van der Waals surface area contributed by atoms with Crippen LogP contribution in [-0.4, -0.2) is 25.3 Å². The summed E-state index contributed by atoms with van der Waals surface area (Å²) in [4.78, 5) is 19.4. The van der Waals surface area contributed by atoms with Crippen LogP contribution < -0.4 is 10.5 Å². The molecule has 104 valence electrons. The second kappa shape index (κ2) is 5.28. The Morgan fingerprint density at radius 3 is 2.58 bits per heavy atom. The molecular formula is C9H10FN3O5S. The van der Waals surface area contributed by atoms with Crippen LogP contribution in [0.3, 0.4) is 0 Å². The Labute approximate surface area is 107 Å². The summed E-state index contributed by atoms with van der Waals surface area (Å²) in [6.45, 7) is 1.16. The van der Waals surface area contributed by atoms with Gasteiger partial charge in [-0.3, -0.25) is 14.9 Å². The Kier molecular flexibility index (Phi) is 4.17. The third kappa shape index (κ3) is 3.23. The molecule has 3 N–H and O–H groups in total. The highest BCUT2D eigenvalue weighted by atomic mass is 32.2. The quantitative estimate of drug-likeness (QED) is 0.576. The number of para-hydroxylation sites is 1. The number of carbonyl (C=O) groups excluding carboxylic acids is 1. The van der Waals surface area contributed by atoms with Crippen molar-refractivity contribution >= 4 is 21.6 Å². The number of primary amides is 1. The van der Waals surface area contributed by atoms with Gasteiger partial charge in [0.05, 0.1) is 11.0 Å². The molecule has 0 saturated heterocycles. The van der Waals surface area contributed by atoms with Gasteiger partial charge in [0, 0.05) is 0 Å². The second-order valence-electron chi connectivity index (χ2n) is 3.59. The van der Waals surface area contributed by atoms with E-state index in [2.05, 4.69) is 0 Å². The molecule has 0 saturated carbocycles. The van der Waals surface area contributed by atoms with Gasteiger partial charge in [0.1, 0.15) is 0 Å². The lowest BCUT2D eigenvalue weighted by atomic mass is 10.3. The van der Waals surface area contributed by atoms with Crippen LogP contribution in [0.4, 0.5) is 10.1 Å². The van der Waals surface area contributed by atoms with Crippen molar-refractivity contribution in [3.63, 3.8) is 0 Å². The highest BCUT2D eigenvalue weighted by Gasteiger charge is 2.31. The Hall–Kier alpha value is -2.07. The van der Waals surface area contributed by atoms with E-state index in [-0.39, 0.29) is 0 Å². The highest BCUT2D eigenvalue weighted by Crippen LogP contribution is 2.26. The monoisotopic (exact) mass is 291 g/mol. The zero-order valence-corrected chi connectivity index (χ0v) is 10.5. The SMILES string of the molecule is CC(NS(=O)(=O)c1cccc(F)c1[N+](=O)[O-])C(N)=O. The maximum Gasteiger partial charge on any atom is 0.324 e. The Balaban J connectivity index is 3.34. The molecule has 0 bridgehead atoms. The number of amides is 1. The maximum absolute atomic E-state index is 13.3. The van der Waals surface area contributed by atoms with E-state index in [1.807, 2.05) is 4.72 Å². The molecule has 19 heavy (non-hydrogen) atoms. The van der Waals surface area contributed by atoms with E-state index in [0.717, 1.165) is 25.1 Å². The Bertz CT molecular complexity index is 631. The molecule has 1 atom stereocenters. The van der Waals surface area contributed by atoms with Crippen LogP contribution in [0.1, 0.15) is 6.92 Å². The van der Waals surface area contributed by atoms with Crippen LogP contribution in [0.15, 0.2) is 23.1 Å². The Morgan fingerprint density at radius 1 is 1.53 bits per heavy atom. The number of nitro benzene ring substituents is 1. The number of sulfonamides is 1. The van der Waals surface area contributed by atoms with Crippen molar-refractivity contribution in [2.75, 3.05) is 0 Å². The van der Waals surface area contributed by atoms with Crippen LogP contribution in [0.25, 0.3) is 0 Å². The maximum atomic E-state index is 13.3. The molecule has 0 aromatic heterocycles. The number of rotatable bonds is 5. The van der Waals surface area contributed by atoms with E-state index in [0.29, 0.717) is 0 Å². The van der Waals surface area contributed by atoms with Crippen molar-refractivity contribution in [3.8, 4) is 0 Å². The van der Waals surface area contributed by atoms with Crippen molar-refractivity contribution in [2.45, 2.75) is 17.9 Å². The smallest absolute Gasteiger partial charge is 0.324 e. The minimum Gasteiger partial charge on any atom is -0.368 e. The average Bonchev–Trinajstić information content (AvgIpc) is 2.27. The molecule has 1 rings (SSSR count). The molecule has 0 fully saturated rings. The lowest BCUT2D eigenvalue weighted by Gasteiger charge is -2.11. The first-order valence-electron chi connectivity index (χ1n) is 4.91. The summed E-state index contributed by atoms with van der Waals surface area (Å²) < 4.78 is 38.8. The fraction of sp³-hybridized carbons (Fsp3) is 0.222. The molecule has 0 spiro atoms. The molecule has 0 aliphatic heterocycles. The van der Waals surface area contributed by atoms with Gasteiger partial charge in [0.2, 0.25) is 21.7 Å². The fourth-order valence-electron chi connectivity index (χ4n) is 1.24. The Morgan fingerprint density at radius 2 is 2.11 bits per heavy atom. The molecule has 10 heteroatoms. The third-order valence-electron chi connectivity index (χ3n) is 2.18. The minimum atomic E-state index is -4.44. The molecule has 0 aliphatic rings. The lowest BCUT2D eigenvalue weighted by Crippen LogP contribution is -2.42. The van der Waals surface area contributed by atoms with Gasteiger partial charge in [-0.1, -0.05) is 6.07 Å². The molecule has 1 unspecified atom stereocenters. The number of halogens is 1. The normalized spacial score (nSPS) is 12.9. The van der Waals surface area contributed by atoms with Crippen molar-refractivity contribution in [1.82, 2.24) is 4.72 Å². The lowest BCUT2D eigenvalue weighted by molar-refractivity contribution is -0.390. The van der Waals surface area contributed by atoms with E-state index in [1.165, 1.54) is 0 Å². The van der Waals surface area contributed by atoms with Crippen molar-refractivity contribution < 1.29 is 22.5 Å². The second-order valence-corrected chi connectivity index (χ2v) is 5.27. The summed E-state index contributed by atoms with van der Waals surface area (Å²) in [5, 5.41) is 10.7. The first kappa shape index (κ1) is 15.0. The summed E-state index contributed by atoms with van der Waals surface area (Å²) in [5.74, 6) is -2.26. The fourth-order valence-corrected chi connectivity index (χ4v) is 2.64. The van der Waals surface area contributed by atoms with E-state index >= 15 is 0 Å². The number of nitro groups is 1. The largest absolute Gasteiger partial charge is 0.368 e. The van der Waals surface area contributed by atoms with E-state index in [4.69, 9.17) is 5.73 Å². The molecule has 1 aromatic carbocycles. The average molecular weight is 291 g/mol. The van der Waals surface area contributed by atoms with E-state index in [9.17, 15) is 27.7 Å². The predicted octanol–water partition coefficient (Wildman–Crippen LogP) is -0.114. The molecule has 0 radical (unpaired) electrons. The third-order valence-corrected chi connectivity index (χ3v) is 3.75. The minimum absolute atomic E-state index is 0.759. The van der Waals surface area contributed by atoms with Crippen LogP contribution in [0.2, 0.25) is 0 Å². The summed E-state index contributed by atoms with van der Waals surface area (Å²) in [6.07, 6.45) is 0. The molecule has 0 heterocycles. The zero-order valence-electron chi connectivity index (χ0n) is 9.66. The number of benzene rings is 1. The van der Waals surface area contributed by atoms with Crippen LogP contribution in [0, 0.1) is 15.9 Å². The molecule has 1 amide bonds. The first-order valence-corrected chi connectivity index (χ1v) is 6.39. The summed E-state index contributed by atoms with van der Waals surface area (Å²) in [7, 11) is -4.44. The van der Waals surface area contributed by atoms with Gasteiger partial charge in [-0.25, -0.2) is 8.42 Å². The molecular weight excluding hydrogens is 281 g/mol. The summed E-state index contributed by atoms with van der Waals surface area (Å²) in [6, 6.07) is 1.34. The van der Waals surface area contributed by atoms with Crippen molar-refractivity contribution in [3.05, 3.63) is 34.1 Å². The summed E-state index contributed by atoms with van der Waals surface area (Å²) in [5.41, 5.74) is 3.69. The zero-order chi connectivity index (χ0) is 14.8. The summed E-state index contributed by atoms with van der Waals surface area (Å²) >= 11 is 0. The first-order chi connectivity index (χ1) is 8.66. The number of nitrogens with one attached hydrogen (secondary N) is 1. The van der Waals surface area contributed by atoms with Gasteiger partial charge in [0.15, 0.2) is 4.90 Å². The van der Waals surface area contributed by atoms with Gasteiger partial charge in [0.25, 0.3) is 0 Å². The number of nitrogens with two attached hydrogens (primary N) is 1. The van der Waals surface area contributed by atoms with Crippen molar-refractivity contribution in [1.29, 1.82) is 0 Å². The van der Waals surface area contributed by atoms with Crippen molar-refractivity contribution in [2.24, 2.45) is 5.73 Å². The van der Waals surface area contributed by atoms with Gasteiger partial charge in [-0.05, 0) is 19.1 Å². The van der Waals surface area contributed by atoms with Gasteiger partial charge >= 0.3 is 5.69 Å². The van der Waals surface area contributed by atoms with Gasteiger partial charge in [-0.2, -0.15) is 9.11 Å². The highest BCUT2D eigenvalue weighted by molar-refractivity contribution is 7.89. The van der Waals surface area contributed by atoms with Gasteiger partial charge < -0.3 is 5.73 Å². The number of hydrogen-bond donors (Lipinski definition) is 2. The number of hydrogen-bond acceptors (Lipinski definition) is 5. The standard InChI is InChI=1S/C9H10FN3O5S/c1-5(9(11)14)12-19(17,18)7-4-2-3-6(10)8(7)13(15)16/h2-5,12H,1H3,(H2,11,14). The predicted molar refractivity (Wildman–Crippen MR) is 62.0 cm³/mol. The number of nitrogens with zero attached hydrogens (tertiary/aromatic N) is 1. The van der Waals surface area contributed by atoms with E-state index < -0.39 is 43.3 Å². The van der Waals surface area contributed by atoms with E-state index in [1.54, 1.807) is 0 Å². The van der Waals surface area contributed by atoms with Crippen LogP contribution in [-0.2, 0) is 14.8 Å². The number of carbonyl (C=O) groups is 1. The molecule has 0 aliphatic carbocycles. The van der Waals surface area contributed by atoms with Crippen LogP contribution in [0.5, 0.6) is 0 Å². The van der Waals surface area contributed by atoms with Gasteiger partial charge in [-0.15, -0.1) is 0 Å². The molecule has 8 nitrogen and oxygen atoms in total.